The van der Waals surface area contributed by atoms with Gasteiger partial charge in [-0.25, -0.2) is 0 Å². The molecule has 0 fully saturated rings. The zero-order valence-electron chi connectivity index (χ0n) is 8.98. The quantitative estimate of drug-likeness (QED) is 0.765. The molecule has 1 aromatic heterocycles. The van der Waals surface area contributed by atoms with Crippen LogP contribution in [0.1, 0.15) is 11.3 Å². The van der Waals surface area contributed by atoms with Crippen molar-refractivity contribution in [1.82, 2.24) is 9.88 Å². The fourth-order valence-corrected chi connectivity index (χ4v) is 2.98. The maximum Gasteiger partial charge on any atom is 0.0835 e. The molecule has 2 heterocycles. The summed E-state index contributed by atoms with van der Waals surface area (Å²) in [4.78, 5) is 0. The fourth-order valence-electron chi connectivity index (χ4n) is 2.54. The highest BCUT2D eigenvalue weighted by Crippen LogP contribution is 2.36. The topological polar surface area (TPSA) is 17.0 Å². The van der Waals surface area contributed by atoms with Crippen molar-refractivity contribution in [3.8, 4) is 0 Å². The molecule has 0 atom stereocenters. The number of benzene rings is 1. The zero-order chi connectivity index (χ0) is 11.3. The van der Waals surface area contributed by atoms with Gasteiger partial charge in [-0.1, -0.05) is 29.3 Å². The van der Waals surface area contributed by atoms with Gasteiger partial charge < -0.3 is 9.88 Å². The summed E-state index contributed by atoms with van der Waals surface area (Å²) in [5.74, 6) is 0. The van der Waals surface area contributed by atoms with Gasteiger partial charge in [0.25, 0.3) is 0 Å². The van der Waals surface area contributed by atoms with Crippen LogP contribution in [0.4, 0.5) is 0 Å². The number of aryl methyl sites for hydroxylation is 1. The molecule has 0 saturated heterocycles. The van der Waals surface area contributed by atoms with Gasteiger partial charge in [0.1, 0.15) is 0 Å². The van der Waals surface area contributed by atoms with Gasteiger partial charge in [0.2, 0.25) is 0 Å². The number of aromatic nitrogens is 1. The number of fused-ring (bicyclic) bond motifs is 3. The monoisotopic (exact) mass is 254 g/mol. The first kappa shape index (κ1) is 10.5. The van der Waals surface area contributed by atoms with Gasteiger partial charge in [-0.05, 0) is 11.6 Å². The highest BCUT2D eigenvalue weighted by molar-refractivity contribution is 6.45. The van der Waals surface area contributed by atoms with Crippen molar-refractivity contribution < 1.29 is 0 Å². The second kappa shape index (κ2) is 3.66. The molecule has 2 nitrogen and oxygen atoms in total. The third-order valence-corrected chi connectivity index (χ3v) is 4.12. The van der Waals surface area contributed by atoms with E-state index in [1.165, 1.54) is 16.6 Å². The fraction of sp³-hybridized carbons (Fsp3) is 0.333. The van der Waals surface area contributed by atoms with Crippen LogP contribution in [0.3, 0.4) is 0 Å². The van der Waals surface area contributed by atoms with Crippen LogP contribution in [0, 0.1) is 0 Å². The predicted octanol–water partition coefficient (Wildman–Crippen LogP) is 3.13. The first-order valence-corrected chi connectivity index (χ1v) is 6.10. The minimum atomic E-state index is 0.625. The Kier molecular flexibility index (Phi) is 2.39. The minimum Gasteiger partial charge on any atom is -0.346 e. The molecule has 0 saturated carbocycles. The van der Waals surface area contributed by atoms with Gasteiger partial charge >= 0.3 is 0 Å². The Morgan fingerprint density at radius 1 is 1.31 bits per heavy atom. The van der Waals surface area contributed by atoms with E-state index in [-0.39, 0.29) is 0 Å². The summed E-state index contributed by atoms with van der Waals surface area (Å²) in [7, 11) is 2.06. The average Bonchev–Trinajstić information content (AvgIpc) is 2.59. The molecule has 0 unspecified atom stereocenters. The van der Waals surface area contributed by atoms with Crippen molar-refractivity contribution in [1.29, 1.82) is 0 Å². The van der Waals surface area contributed by atoms with E-state index in [1.54, 1.807) is 0 Å². The molecule has 1 N–H and O–H groups in total. The lowest BCUT2D eigenvalue weighted by Gasteiger charge is -2.14. The van der Waals surface area contributed by atoms with E-state index in [9.17, 15) is 0 Å². The zero-order valence-corrected chi connectivity index (χ0v) is 10.5. The molecule has 1 aliphatic rings. The largest absolute Gasteiger partial charge is 0.346 e. The summed E-state index contributed by atoms with van der Waals surface area (Å²) >= 11 is 12.3. The molecular formula is C12H12Cl2N2. The van der Waals surface area contributed by atoms with Gasteiger partial charge in [0.05, 0.1) is 15.6 Å². The summed E-state index contributed by atoms with van der Waals surface area (Å²) in [6, 6.07) is 3.94. The Balaban J connectivity index is 2.44. The molecule has 1 aliphatic heterocycles. The van der Waals surface area contributed by atoms with E-state index in [0.29, 0.717) is 10.0 Å². The van der Waals surface area contributed by atoms with Gasteiger partial charge in [-0.3, -0.25) is 0 Å². The van der Waals surface area contributed by atoms with Crippen molar-refractivity contribution in [3.63, 3.8) is 0 Å². The number of nitrogens with zero attached hydrogens (tertiary/aromatic N) is 1. The smallest absolute Gasteiger partial charge is 0.0835 e. The maximum atomic E-state index is 6.28. The molecule has 16 heavy (non-hydrogen) atoms. The van der Waals surface area contributed by atoms with Crippen LogP contribution in [-0.2, 0) is 20.0 Å². The molecule has 3 rings (SSSR count). The van der Waals surface area contributed by atoms with E-state index in [4.69, 9.17) is 23.2 Å². The second-order valence-corrected chi connectivity index (χ2v) is 4.95. The summed E-state index contributed by atoms with van der Waals surface area (Å²) in [6.07, 6.45) is 1.05. The van der Waals surface area contributed by atoms with E-state index in [0.717, 1.165) is 25.0 Å². The van der Waals surface area contributed by atoms with Crippen LogP contribution in [0.2, 0.25) is 10.0 Å². The van der Waals surface area contributed by atoms with E-state index in [2.05, 4.69) is 23.0 Å². The van der Waals surface area contributed by atoms with Gasteiger partial charge in [0, 0.05) is 37.6 Å². The van der Waals surface area contributed by atoms with Crippen LogP contribution in [0.15, 0.2) is 12.1 Å². The minimum absolute atomic E-state index is 0.625. The third-order valence-electron chi connectivity index (χ3n) is 3.32. The Morgan fingerprint density at radius 3 is 2.94 bits per heavy atom. The van der Waals surface area contributed by atoms with Crippen LogP contribution in [0.25, 0.3) is 10.9 Å². The molecule has 0 aliphatic carbocycles. The predicted molar refractivity (Wildman–Crippen MR) is 68.3 cm³/mol. The van der Waals surface area contributed by atoms with Crippen LogP contribution >= 0.6 is 23.2 Å². The van der Waals surface area contributed by atoms with Crippen LogP contribution in [-0.4, -0.2) is 11.1 Å². The Morgan fingerprint density at radius 2 is 2.12 bits per heavy atom. The van der Waals surface area contributed by atoms with Crippen molar-refractivity contribution in [2.45, 2.75) is 13.0 Å². The lowest BCUT2D eigenvalue weighted by molar-refractivity contribution is 0.622. The van der Waals surface area contributed by atoms with E-state index >= 15 is 0 Å². The third kappa shape index (κ3) is 1.30. The van der Waals surface area contributed by atoms with Crippen LogP contribution < -0.4 is 5.32 Å². The molecule has 0 bridgehead atoms. The van der Waals surface area contributed by atoms with Gasteiger partial charge in [-0.2, -0.15) is 0 Å². The SMILES string of the molecule is Cn1c2c(c3ccc(Cl)c(Cl)c31)CNCC2. The molecule has 0 spiro atoms. The molecule has 2 aromatic rings. The summed E-state index contributed by atoms with van der Waals surface area (Å²) in [5, 5.41) is 5.90. The molecular weight excluding hydrogens is 243 g/mol. The lowest BCUT2D eigenvalue weighted by Crippen LogP contribution is -2.24. The Hall–Kier alpha value is -0.700. The van der Waals surface area contributed by atoms with Crippen molar-refractivity contribution >= 4 is 34.1 Å². The average molecular weight is 255 g/mol. The van der Waals surface area contributed by atoms with E-state index in [1.807, 2.05) is 6.07 Å². The lowest BCUT2D eigenvalue weighted by atomic mass is 10.1. The Bertz CT molecular complexity index is 572. The second-order valence-electron chi connectivity index (χ2n) is 4.17. The summed E-state index contributed by atoms with van der Waals surface area (Å²) in [6.45, 7) is 1.95. The molecule has 84 valence electrons. The standard InChI is InChI=1S/C12H12Cl2N2/c1-16-10-4-5-15-6-8(10)7-2-3-9(13)11(14)12(7)16/h2-3,15H,4-6H2,1H3. The highest BCUT2D eigenvalue weighted by atomic mass is 35.5. The molecule has 1 aromatic carbocycles. The van der Waals surface area contributed by atoms with Crippen LogP contribution in [0.5, 0.6) is 0 Å². The molecule has 0 amide bonds. The highest BCUT2D eigenvalue weighted by Gasteiger charge is 2.20. The molecule has 0 radical (unpaired) electrons. The first-order valence-electron chi connectivity index (χ1n) is 5.35. The number of rotatable bonds is 0. The Labute approximate surface area is 104 Å². The number of hydrogen-bond acceptors (Lipinski definition) is 1. The number of nitrogens with one attached hydrogen (secondary N) is 1. The number of hydrogen-bond donors (Lipinski definition) is 1. The first-order chi connectivity index (χ1) is 7.70. The number of halogens is 2. The normalized spacial score (nSPS) is 15.4. The summed E-state index contributed by atoms with van der Waals surface area (Å²) < 4.78 is 2.18. The van der Waals surface area contributed by atoms with Crippen molar-refractivity contribution in [2.75, 3.05) is 6.54 Å². The van der Waals surface area contributed by atoms with Gasteiger partial charge in [0.15, 0.2) is 0 Å². The van der Waals surface area contributed by atoms with E-state index < -0.39 is 0 Å². The van der Waals surface area contributed by atoms with Crippen molar-refractivity contribution in [3.05, 3.63) is 33.4 Å². The summed E-state index contributed by atoms with van der Waals surface area (Å²) in [5.41, 5.74) is 3.79. The van der Waals surface area contributed by atoms with Crippen molar-refractivity contribution in [2.24, 2.45) is 7.05 Å². The molecule has 4 heteroatoms. The van der Waals surface area contributed by atoms with Gasteiger partial charge in [-0.15, -0.1) is 0 Å². The maximum absolute atomic E-state index is 6.28.